The number of carbonyl (C=O) groups excluding carboxylic acids is 4. The van der Waals surface area contributed by atoms with Crippen molar-refractivity contribution in [2.75, 3.05) is 0 Å². The molecule has 11 nitrogen and oxygen atoms in total. The van der Waals surface area contributed by atoms with Crippen molar-refractivity contribution >= 4 is 29.6 Å². The Balaban J connectivity index is 5.66. The highest BCUT2D eigenvalue weighted by Crippen LogP contribution is 2.12. The van der Waals surface area contributed by atoms with Crippen LogP contribution in [0.5, 0.6) is 0 Å². The molecule has 7 unspecified atom stereocenters. The number of primary amides is 1. The summed E-state index contributed by atoms with van der Waals surface area (Å²) in [6.07, 6.45) is 1.18. The second kappa shape index (κ2) is 14.5. The Morgan fingerprint density at radius 3 is 1.61 bits per heavy atom. The van der Waals surface area contributed by atoms with Gasteiger partial charge in [0.05, 0.1) is 12.5 Å². The molecule has 0 aromatic carbocycles. The summed E-state index contributed by atoms with van der Waals surface area (Å²) in [5.74, 6) is -4.91. The summed E-state index contributed by atoms with van der Waals surface area (Å²) in [5, 5.41) is 16.9. The zero-order valence-corrected chi connectivity index (χ0v) is 20.5. The molecular weight excluding hydrogens is 430 g/mol. The molecule has 0 heterocycles. The highest BCUT2D eigenvalue weighted by atomic mass is 16.4. The van der Waals surface area contributed by atoms with Crippen molar-refractivity contribution in [3.63, 3.8) is 0 Å². The normalized spacial score (nSPS) is 17.4. The van der Waals surface area contributed by atoms with Crippen LogP contribution in [0.2, 0.25) is 0 Å². The second-order valence-corrected chi connectivity index (χ2v) is 8.72. The van der Waals surface area contributed by atoms with Gasteiger partial charge in [0.15, 0.2) is 0 Å². The minimum Gasteiger partial charge on any atom is -0.480 e. The van der Waals surface area contributed by atoms with Gasteiger partial charge in [-0.15, -0.1) is 0 Å². The average molecular weight is 472 g/mol. The van der Waals surface area contributed by atoms with Crippen molar-refractivity contribution in [2.24, 2.45) is 29.2 Å². The lowest BCUT2D eigenvalue weighted by Gasteiger charge is -2.29. The number of hydrogen-bond donors (Lipinski definition) is 6. The van der Waals surface area contributed by atoms with E-state index in [-0.39, 0.29) is 17.8 Å². The van der Waals surface area contributed by atoms with Gasteiger partial charge in [-0.3, -0.25) is 19.2 Å². The van der Waals surface area contributed by atoms with Crippen molar-refractivity contribution in [2.45, 2.75) is 91.4 Å². The fraction of sp³-hybridized carbons (Fsp3) is 0.773. The molecule has 33 heavy (non-hydrogen) atoms. The lowest BCUT2D eigenvalue weighted by Crippen LogP contribution is -2.60. The van der Waals surface area contributed by atoms with Gasteiger partial charge in [-0.05, 0) is 17.8 Å². The van der Waals surface area contributed by atoms with Crippen LogP contribution in [-0.2, 0) is 24.0 Å². The quantitative estimate of drug-likeness (QED) is 0.191. The van der Waals surface area contributed by atoms with Crippen molar-refractivity contribution in [3.8, 4) is 0 Å². The van der Waals surface area contributed by atoms with E-state index < -0.39 is 60.2 Å². The number of nitrogens with two attached hydrogens (primary N) is 2. The molecule has 7 atom stereocenters. The maximum atomic E-state index is 13.0. The molecule has 0 aromatic rings. The first-order chi connectivity index (χ1) is 15.3. The van der Waals surface area contributed by atoms with E-state index in [1.54, 1.807) is 20.8 Å². The Labute approximate surface area is 195 Å². The van der Waals surface area contributed by atoms with Gasteiger partial charge in [-0.1, -0.05) is 60.8 Å². The van der Waals surface area contributed by atoms with E-state index in [9.17, 15) is 29.1 Å². The van der Waals surface area contributed by atoms with Crippen molar-refractivity contribution in [1.82, 2.24) is 16.0 Å². The zero-order valence-electron chi connectivity index (χ0n) is 20.5. The van der Waals surface area contributed by atoms with Crippen molar-refractivity contribution in [3.05, 3.63) is 0 Å². The molecular formula is C22H41N5O6. The van der Waals surface area contributed by atoms with Crippen molar-refractivity contribution in [1.29, 1.82) is 0 Å². The van der Waals surface area contributed by atoms with Gasteiger partial charge in [0.2, 0.25) is 23.6 Å². The highest BCUT2D eigenvalue weighted by molar-refractivity contribution is 5.96. The van der Waals surface area contributed by atoms with Crippen LogP contribution in [-0.4, -0.2) is 58.9 Å². The lowest BCUT2D eigenvalue weighted by molar-refractivity contribution is -0.144. The molecule has 0 aromatic heterocycles. The molecule has 190 valence electrons. The average Bonchev–Trinajstić information content (AvgIpc) is 2.77. The largest absolute Gasteiger partial charge is 0.480 e. The van der Waals surface area contributed by atoms with Crippen LogP contribution in [0.3, 0.4) is 0 Å². The second-order valence-electron chi connectivity index (χ2n) is 8.72. The molecule has 4 amide bonds. The Morgan fingerprint density at radius 2 is 1.18 bits per heavy atom. The van der Waals surface area contributed by atoms with Gasteiger partial charge in [0, 0.05) is 0 Å². The predicted octanol–water partition coefficient (Wildman–Crippen LogP) is -0.134. The Bertz CT molecular complexity index is 701. The van der Waals surface area contributed by atoms with Gasteiger partial charge in [0.25, 0.3) is 0 Å². The summed E-state index contributed by atoms with van der Waals surface area (Å²) in [5.41, 5.74) is 11.2. The lowest BCUT2D eigenvalue weighted by atomic mass is 9.95. The summed E-state index contributed by atoms with van der Waals surface area (Å²) in [6, 6.07) is -4.42. The number of rotatable bonds is 15. The summed E-state index contributed by atoms with van der Waals surface area (Å²) >= 11 is 0. The third kappa shape index (κ3) is 9.77. The molecule has 8 N–H and O–H groups in total. The summed E-state index contributed by atoms with van der Waals surface area (Å²) in [7, 11) is 0. The molecule has 0 bridgehead atoms. The van der Waals surface area contributed by atoms with E-state index >= 15 is 0 Å². The molecule has 0 aliphatic heterocycles. The molecule has 0 fully saturated rings. The number of carbonyl (C=O) groups is 5. The summed E-state index contributed by atoms with van der Waals surface area (Å²) in [4.78, 5) is 61.4. The van der Waals surface area contributed by atoms with Crippen LogP contribution in [0.15, 0.2) is 0 Å². The van der Waals surface area contributed by atoms with E-state index in [4.69, 9.17) is 11.5 Å². The van der Waals surface area contributed by atoms with E-state index in [1.165, 1.54) is 0 Å². The topological polar surface area (TPSA) is 194 Å². The number of carboxylic acid groups (broad SMARTS) is 1. The Hall–Kier alpha value is -2.69. The molecule has 0 aliphatic carbocycles. The van der Waals surface area contributed by atoms with Crippen LogP contribution >= 0.6 is 0 Å². The Kier molecular flexibility index (Phi) is 13.3. The molecule has 0 saturated heterocycles. The van der Waals surface area contributed by atoms with Crippen LogP contribution in [0, 0.1) is 17.8 Å². The van der Waals surface area contributed by atoms with E-state index in [2.05, 4.69) is 16.0 Å². The van der Waals surface area contributed by atoms with E-state index in [0.29, 0.717) is 19.3 Å². The summed E-state index contributed by atoms with van der Waals surface area (Å²) < 4.78 is 0. The first-order valence-electron chi connectivity index (χ1n) is 11.5. The van der Waals surface area contributed by atoms with Gasteiger partial charge in [-0.2, -0.15) is 0 Å². The van der Waals surface area contributed by atoms with Crippen LogP contribution < -0.4 is 27.4 Å². The highest BCUT2D eigenvalue weighted by Gasteiger charge is 2.34. The summed E-state index contributed by atoms with van der Waals surface area (Å²) in [6.45, 7) is 10.8. The van der Waals surface area contributed by atoms with Crippen LogP contribution in [0.4, 0.5) is 0 Å². The minimum atomic E-state index is -1.40. The SMILES string of the molecule is CCC(C)C(N)C(=O)NC(C(=O)NC(CC(N)=O)C(=O)NC(C(=O)O)C(C)CC)C(C)CC. The van der Waals surface area contributed by atoms with Gasteiger partial charge in [0.1, 0.15) is 18.1 Å². The van der Waals surface area contributed by atoms with Gasteiger partial charge < -0.3 is 32.5 Å². The third-order valence-corrected chi connectivity index (χ3v) is 6.17. The van der Waals surface area contributed by atoms with Gasteiger partial charge >= 0.3 is 5.97 Å². The number of nitrogens with one attached hydrogen (secondary N) is 3. The maximum absolute atomic E-state index is 13.0. The van der Waals surface area contributed by atoms with E-state index in [0.717, 1.165) is 0 Å². The fourth-order valence-electron chi connectivity index (χ4n) is 3.07. The molecule has 0 spiro atoms. The third-order valence-electron chi connectivity index (χ3n) is 6.17. The number of carboxylic acids is 1. The maximum Gasteiger partial charge on any atom is 0.326 e. The predicted molar refractivity (Wildman–Crippen MR) is 124 cm³/mol. The Morgan fingerprint density at radius 1 is 0.727 bits per heavy atom. The molecule has 0 radical (unpaired) electrons. The smallest absolute Gasteiger partial charge is 0.326 e. The number of amides is 4. The molecule has 0 aliphatic rings. The van der Waals surface area contributed by atoms with E-state index in [1.807, 2.05) is 20.8 Å². The monoisotopic (exact) mass is 471 g/mol. The van der Waals surface area contributed by atoms with Crippen molar-refractivity contribution < 1.29 is 29.1 Å². The van der Waals surface area contributed by atoms with Crippen LogP contribution in [0.1, 0.15) is 67.2 Å². The zero-order chi connectivity index (χ0) is 25.9. The number of aliphatic carboxylic acids is 1. The standard InChI is InChI=1S/C22H41N5O6/c1-7-11(4)16(24)20(30)26-17(12(5)8-2)21(31)25-14(10-15(23)28)19(29)27-18(22(32)33)13(6)9-3/h11-14,16-18H,7-10,24H2,1-6H3,(H2,23,28)(H,25,31)(H,26,30)(H,27,29)(H,32,33). The van der Waals surface area contributed by atoms with Crippen LogP contribution in [0.25, 0.3) is 0 Å². The molecule has 0 rings (SSSR count). The first-order valence-corrected chi connectivity index (χ1v) is 11.5. The first kappa shape index (κ1) is 30.3. The number of hydrogen-bond acceptors (Lipinski definition) is 6. The molecule has 11 heteroatoms. The fourth-order valence-corrected chi connectivity index (χ4v) is 3.07. The minimum absolute atomic E-state index is 0.104. The van der Waals surface area contributed by atoms with Gasteiger partial charge in [-0.25, -0.2) is 4.79 Å². The molecule has 0 saturated carbocycles.